The van der Waals surface area contributed by atoms with Crippen LogP contribution in [0.25, 0.3) is 0 Å². The monoisotopic (exact) mass is 774 g/mol. The highest BCUT2D eigenvalue weighted by atomic mass is 31.2. The first-order valence-corrected chi connectivity index (χ1v) is 25.0. The molecule has 53 heavy (non-hydrogen) atoms. The average molecular weight is 774 g/mol. The molecule has 7 nitrogen and oxygen atoms in total. The lowest BCUT2D eigenvalue weighted by Crippen LogP contribution is -2.31. The van der Waals surface area contributed by atoms with Crippen LogP contribution < -0.4 is 0 Å². The third kappa shape index (κ3) is 38.6. The van der Waals surface area contributed by atoms with E-state index in [4.69, 9.17) is 13.6 Å². The van der Waals surface area contributed by atoms with Crippen LogP contribution in [-0.4, -0.2) is 94.4 Å². The highest BCUT2D eigenvalue weighted by Gasteiger charge is 2.27. The van der Waals surface area contributed by atoms with Crippen molar-refractivity contribution in [3.8, 4) is 0 Å². The van der Waals surface area contributed by atoms with Gasteiger partial charge in [-0.3, -0.25) is 13.6 Å². The molecule has 0 spiro atoms. The van der Waals surface area contributed by atoms with Gasteiger partial charge in [-0.25, -0.2) is 4.57 Å². The molecule has 320 valence electrons. The lowest BCUT2D eigenvalue weighted by molar-refractivity contribution is 0.0895. The van der Waals surface area contributed by atoms with Gasteiger partial charge in [-0.1, -0.05) is 182 Å². The Morgan fingerprint density at radius 1 is 0.321 bits per heavy atom. The number of hydrogen-bond acceptors (Lipinski definition) is 7. The summed E-state index contributed by atoms with van der Waals surface area (Å²) in [5.74, 6) is 0. The number of hydrogen-bond donors (Lipinski definition) is 0. The topological polar surface area (TPSA) is 54.5 Å². The summed E-state index contributed by atoms with van der Waals surface area (Å²) < 4.78 is 32.3. The number of rotatable bonds is 45. The molecule has 0 heterocycles. The summed E-state index contributed by atoms with van der Waals surface area (Å²) in [6, 6.07) is 0. The largest absolute Gasteiger partial charge is 0.474 e. The Morgan fingerprint density at radius 3 is 0.868 bits per heavy atom. The molecule has 0 saturated heterocycles. The second-order valence-electron chi connectivity index (χ2n) is 16.3. The van der Waals surface area contributed by atoms with E-state index in [0.717, 1.165) is 52.2 Å². The molecule has 0 bridgehead atoms. The first-order valence-electron chi connectivity index (χ1n) is 23.5. The fourth-order valence-electron chi connectivity index (χ4n) is 7.07. The summed E-state index contributed by atoms with van der Waals surface area (Å²) in [5.41, 5.74) is 0. The maximum atomic E-state index is 14.0. The van der Waals surface area contributed by atoms with Crippen molar-refractivity contribution in [1.29, 1.82) is 0 Å². The number of unbranched alkanes of at least 4 members (excludes halogenated alkanes) is 24. The Morgan fingerprint density at radius 2 is 0.585 bits per heavy atom. The molecular weight excluding hydrogens is 677 g/mol. The Bertz CT molecular complexity index is 673. The predicted molar refractivity (Wildman–Crippen MR) is 233 cm³/mol. The number of phosphoric ester groups is 1. The molecule has 0 radical (unpaired) electrons. The van der Waals surface area contributed by atoms with Gasteiger partial charge >= 0.3 is 7.82 Å². The van der Waals surface area contributed by atoms with Crippen LogP contribution in [0.1, 0.15) is 214 Å². The van der Waals surface area contributed by atoms with E-state index in [2.05, 4.69) is 56.5 Å². The summed E-state index contributed by atoms with van der Waals surface area (Å²) in [6.07, 6.45) is 37.8. The maximum Gasteiger partial charge on any atom is 0.474 e. The Balaban J connectivity index is 5.16. The van der Waals surface area contributed by atoms with Crippen LogP contribution in [0.15, 0.2) is 0 Å². The van der Waals surface area contributed by atoms with Crippen LogP contribution in [-0.2, 0) is 18.1 Å². The summed E-state index contributed by atoms with van der Waals surface area (Å²) in [6.45, 7) is 17.1. The van der Waals surface area contributed by atoms with E-state index in [9.17, 15) is 4.57 Å². The summed E-state index contributed by atoms with van der Waals surface area (Å²) in [4.78, 5) is 7.22. The van der Waals surface area contributed by atoms with Gasteiger partial charge in [-0.05, 0) is 78.9 Å². The lowest BCUT2D eigenvalue weighted by Gasteiger charge is -2.26. The van der Waals surface area contributed by atoms with Crippen LogP contribution in [0, 0.1) is 0 Å². The highest BCUT2D eigenvalue weighted by Crippen LogP contribution is 2.49. The molecule has 0 aromatic heterocycles. The van der Waals surface area contributed by atoms with Crippen molar-refractivity contribution >= 4 is 7.82 Å². The third-order valence-corrected chi connectivity index (χ3v) is 12.1. The molecule has 0 aromatic carbocycles. The van der Waals surface area contributed by atoms with Crippen molar-refractivity contribution < 1.29 is 18.1 Å². The van der Waals surface area contributed by atoms with Crippen LogP contribution in [0.5, 0.6) is 0 Å². The van der Waals surface area contributed by atoms with E-state index in [0.29, 0.717) is 19.8 Å². The van der Waals surface area contributed by atoms with E-state index >= 15 is 0 Å². The third-order valence-electron chi connectivity index (χ3n) is 10.6. The summed E-state index contributed by atoms with van der Waals surface area (Å²) in [5, 5.41) is 0. The van der Waals surface area contributed by atoms with Crippen molar-refractivity contribution in [3.63, 3.8) is 0 Å². The van der Waals surface area contributed by atoms with E-state index in [1.54, 1.807) is 0 Å². The van der Waals surface area contributed by atoms with Gasteiger partial charge in [-0.2, -0.15) is 0 Å². The van der Waals surface area contributed by atoms with Crippen molar-refractivity contribution in [2.24, 2.45) is 0 Å². The fourth-order valence-corrected chi connectivity index (χ4v) is 8.26. The number of phosphoric acid groups is 1. The standard InChI is InChI=1S/C45H96N3O4P/c1-7-11-15-19-23-27-31-37-47(38-32-28-24-20-16-12-8-2)41-44-51-53(49,50-43-35-36-46(5)6)52-45-42-48(39-33-29-25-21-17-13-9-3)40-34-30-26-22-18-14-10-4/h7-45H2,1-6H3. The highest BCUT2D eigenvalue weighted by molar-refractivity contribution is 7.48. The van der Waals surface area contributed by atoms with Crippen molar-refractivity contribution in [3.05, 3.63) is 0 Å². The van der Waals surface area contributed by atoms with E-state index in [1.165, 1.54) is 180 Å². The Hall–Kier alpha value is -0.0100. The van der Waals surface area contributed by atoms with Gasteiger partial charge < -0.3 is 14.7 Å². The minimum atomic E-state index is -3.65. The molecule has 0 N–H and O–H groups in total. The minimum Gasteiger partial charge on any atom is -0.309 e. The molecule has 0 aromatic rings. The molecule has 0 atom stereocenters. The van der Waals surface area contributed by atoms with Gasteiger partial charge in [0.05, 0.1) is 19.8 Å². The number of nitrogens with zero attached hydrogens (tertiary/aromatic N) is 3. The minimum absolute atomic E-state index is 0.384. The van der Waals surface area contributed by atoms with Gasteiger partial charge in [0.15, 0.2) is 0 Å². The van der Waals surface area contributed by atoms with E-state index in [-0.39, 0.29) is 0 Å². The molecule has 0 aliphatic rings. The molecule has 0 amide bonds. The molecule has 0 aliphatic heterocycles. The molecule has 0 aliphatic carbocycles. The van der Waals surface area contributed by atoms with Gasteiger partial charge in [0.1, 0.15) is 0 Å². The molecule has 0 unspecified atom stereocenters. The first kappa shape index (κ1) is 53.0. The van der Waals surface area contributed by atoms with Crippen LogP contribution in [0.3, 0.4) is 0 Å². The second kappa shape index (κ2) is 41.6. The second-order valence-corrected chi connectivity index (χ2v) is 17.9. The molecule has 8 heteroatoms. The Kier molecular flexibility index (Phi) is 41.6. The van der Waals surface area contributed by atoms with Crippen molar-refractivity contribution in [1.82, 2.24) is 14.7 Å². The van der Waals surface area contributed by atoms with Crippen molar-refractivity contribution in [2.75, 3.05) is 79.7 Å². The summed E-state index contributed by atoms with van der Waals surface area (Å²) in [7, 11) is 0.463. The van der Waals surface area contributed by atoms with E-state index in [1.807, 2.05) is 0 Å². The van der Waals surface area contributed by atoms with E-state index < -0.39 is 7.82 Å². The SMILES string of the molecule is CCCCCCCCCN(CCCCCCCCC)CCOP(=O)(OCCCN(C)C)OCCN(CCCCCCCCC)CCCCCCCCC. The predicted octanol–water partition coefficient (Wildman–Crippen LogP) is 13.7. The van der Waals surface area contributed by atoms with Gasteiger partial charge in [0, 0.05) is 13.1 Å². The average Bonchev–Trinajstić information content (AvgIpc) is 3.14. The normalized spacial score (nSPS) is 12.3. The summed E-state index contributed by atoms with van der Waals surface area (Å²) >= 11 is 0. The molecular formula is C45H96N3O4P. The maximum absolute atomic E-state index is 14.0. The van der Waals surface area contributed by atoms with Crippen molar-refractivity contribution in [2.45, 2.75) is 214 Å². The Labute approximate surface area is 333 Å². The van der Waals surface area contributed by atoms with Gasteiger partial charge in [0.2, 0.25) is 0 Å². The molecule has 0 saturated carbocycles. The van der Waals surface area contributed by atoms with Crippen LogP contribution in [0.2, 0.25) is 0 Å². The van der Waals surface area contributed by atoms with Crippen LogP contribution >= 0.6 is 7.82 Å². The molecule has 0 fully saturated rings. The lowest BCUT2D eigenvalue weighted by atomic mass is 10.1. The smallest absolute Gasteiger partial charge is 0.309 e. The van der Waals surface area contributed by atoms with Crippen LogP contribution in [0.4, 0.5) is 0 Å². The quantitative estimate of drug-likeness (QED) is 0.0451. The fraction of sp³-hybridized carbons (Fsp3) is 1.00. The zero-order valence-corrected chi connectivity index (χ0v) is 37.9. The zero-order chi connectivity index (χ0) is 38.9. The molecule has 0 rings (SSSR count). The first-order chi connectivity index (χ1) is 25.9. The zero-order valence-electron chi connectivity index (χ0n) is 37.0. The van der Waals surface area contributed by atoms with Gasteiger partial charge in [0.25, 0.3) is 0 Å². The van der Waals surface area contributed by atoms with Gasteiger partial charge in [-0.15, -0.1) is 0 Å².